The maximum atomic E-state index is 4.51. The van der Waals surface area contributed by atoms with Crippen LogP contribution in [0.2, 0.25) is 0 Å². The molecule has 0 fully saturated rings. The van der Waals surface area contributed by atoms with Crippen molar-refractivity contribution >= 4 is 11.8 Å². The molecule has 0 aliphatic rings. The highest BCUT2D eigenvalue weighted by Gasteiger charge is 2.11. The van der Waals surface area contributed by atoms with Gasteiger partial charge in [-0.1, -0.05) is 62.0 Å². The van der Waals surface area contributed by atoms with Crippen molar-refractivity contribution in [3.8, 4) is 0 Å². The van der Waals surface area contributed by atoms with Crippen LogP contribution in [0.25, 0.3) is 6.08 Å². The van der Waals surface area contributed by atoms with Gasteiger partial charge in [-0.05, 0) is 30.2 Å². The molecule has 2 N–H and O–H groups in total. The molecular weight excluding hydrogens is 282 g/mol. The van der Waals surface area contributed by atoms with Gasteiger partial charge >= 0.3 is 0 Å². The molecule has 2 rings (SSSR count). The Morgan fingerprint density at radius 3 is 2.35 bits per heavy atom. The van der Waals surface area contributed by atoms with E-state index in [2.05, 4.69) is 71.8 Å². The van der Waals surface area contributed by atoms with Crippen molar-refractivity contribution in [1.82, 2.24) is 10.7 Å². The molecular formula is C20H25N3. The monoisotopic (exact) mass is 307 g/mol. The maximum absolute atomic E-state index is 4.51. The Kier molecular flexibility index (Phi) is 6.12. The van der Waals surface area contributed by atoms with Crippen LogP contribution in [-0.4, -0.2) is 19.8 Å². The van der Waals surface area contributed by atoms with Gasteiger partial charge in [0.25, 0.3) is 0 Å². The fraction of sp³-hybridized carbons (Fsp3) is 0.250. The normalized spacial score (nSPS) is 11.3. The van der Waals surface area contributed by atoms with Crippen molar-refractivity contribution in [2.75, 3.05) is 14.1 Å². The molecule has 3 heteroatoms. The fourth-order valence-corrected chi connectivity index (χ4v) is 2.59. The largest absolute Gasteiger partial charge is 0.316 e. The molecule has 2 aromatic carbocycles. The van der Waals surface area contributed by atoms with E-state index < -0.39 is 0 Å². The summed E-state index contributed by atoms with van der Waals surface area (Å²) < 4.78 is 0. The topological polar surface area (TPSA) is 36.4 Å². The summed E-state index contributed by atoms with van der Waals surface area (Å²) in [6.45, 7) is 6.98. The summed E-state index contributed by atoms with van der Waals surface area (Å²) in [5.41, 5.74) is 9.70. The van der Waals surface area contributed by atoms with Crippen molar-refractivity contribution < 1.29 is 0 Å². The molecule has 0 amide bonds. The number of hydrazone groups is 1. The molecule has 3 nitrogen and oxygen atoms in total. The summed E-state index contributed by atoms with van der Waals surface area (Å²) in [4.78, 5) is 0. The van der Waals surface area contributed by atoms with Crippen LogP contribution in [0.3, 0.4) is 0 Å². The molecule has 0 heterocycles. The van der Waals surface area contributed by atoms with E-state index in [-0.39, 0.29) is 0 Å². The van der Waals surface area contributed by atoms with Gasteiger partial charge in [0.1, 0.15) is 0 Å². The van der Waals surface area contributed by atoms with Gasteiger partial charge in [-0.15, -0.1) is 0 Å². The molecule has 0 saturated carbocycles. The Labute approximate surface area is 139 Å². The zero-order chi connectivity index (χ0) is 16.7. The second-order valence-corrected chi connectivity index (χ2v) is 5.39. The third-order valence-electron chi connectivity index (χ3n) is 3.83. The zero-order valence-electron chi connectivity index (χ0n) is 14.2. The van der Waals surface area contributed by atoms with E-state index in [1.165, 1.54) is 11.1 Å². The van der Waals surface area contributed by atoms with Crippen LogP contribution < -0.4 is 10.7 Å². The average Bonchev–Trinajstić information content (AvgIpc) is 2.60. The van der Waals surface area contributed by atoms with E-state index in [9.17, 15) is 0 Å². The van der Waals surface area contributed by atoms with E-state index in [1.54, 1.807) is 0 Å². The lowest BCUT2D eigenvalue weighted by molar-refractivity contribution is 0.818. The SMILES string of the molecule is C=Cc1cc(CC)ccc1/C(=N\NC)c1ccc(CNC)cc1. The fourth-order valence-electron chi connectivity index (χ4n) is 2.59. The molecule has 23 heavy (non-hydrogen) atoms. The number of benzene rings is 2. The van der Waals surface area contributed by atoms with Crippen LogP contribution in [0.5, 0.6) is 0 Å². The van der Waals surface area contributed by atoms with E-state index in [0.29, 0.717) is 0 Å². The van der Waals surface area contributed by atoms with Gasteiger partial charge in [0.15, 0.2) is 0 Å². The van der Waals surface area contributed by atoms with Crippen LogP contribution in [0.1, 0.15) is 34.7 Å². The minimum absolute atomic E-state index is 0.863. The summed E-state index contributed by atoms with van der Waals surface area (Å²) >= 11 is 0. The lowest BCUT2D eigenvalue weighted by Gasteiger charge is -2.12. The van der Waals surface area contributed by atoms with Gasteiger partial charge in [0, 0.05) is 24.7 Å². The summed E-state index contributed by atoms with van der Waals surface area (Å²) in [5.74, 6) is 0. The van der Waals surface area contributed by atoms with Gasteiger partial charge in [0.05, 0.1) is 5.71 Å². The van der Waals surface area contributed by atoms with Gasteiger partial charge in [0.2, 0.25) is 0 Å². The van der Waals surface area contributed by atoms with Crippen LogP contribution in [-0.2, 0) is 13.0 Å². The van der Waals surface area contributed by atoms with E-state index >= 15 is 0 Å². The first-order valence-electron chi connectivity index (χ1n) is 7.97. The highest BCUT2D eigenvalue weighted by molar-refractivity contribution is 6.14. The van der Waals surface area contributed by atoms with Crippen LogP contribution in [0.15, 0.2) is 54.1 Å². The van der Waals surface area contributed by atoms with Crippen LogP contribution in [0.4, 0.5) is 0 Å². The predicted octanol–water partition coefficient (Wildman–Crippen LogP) is 3.58. The first-order chi connectivity index (χ1) is 11.2. The molecule has 0 atom stereocenters. The Morgan fingerprint density at radius 1 is 1.09 bits per heavy atom. The molecule has 120 valence electrons. The number of hydrogen-bond donors (Lipinski definition) is 2. The molecule has 0 spiro atoms. The number of nitrogens with zero attached hydrogens (tertiary/aromatic N) is 1. The molecule has 0 aliphatic carbocycles. The molecule has 0 unspecified atom stereocenters. The van der Waals surface area contributed by atoms with Gasteiger partial charge in [-0.25, -0.2) is 0 Å². The summed E-state index contributed by atoms with van der Waals surface area (Å²) in [7, 11) is 3.77. The van der Waals surface area contributed by atoms with Crippen LogP contribution in [0, 0.1) is 0 Å². The Bertz CT molecular complexity index is 685. The van der Waals surface area contributed by atoms with E-state index in [0.717, 1.165) is 35.4 Å². The van der Waals surface area contributed by atoms with Crippen molar-refractivity contribution in [3.63, 3.8) is 0 Å². The summed E-state index contributed by atoms with van der Waals surface area (Å²) in [6, 6.07) is 15.0. The van der Waals surface area contributed by atoms with E-state index in [4.69, 9.17) is 0 Å². The van der Waals surface area contributed by atoms with Gasteiger partial charge < -0.3 is 10.7 Å². The summed E-state index contributed by atoms with van der Waals surface area (Å²) in [5, 5.41) is 7.67. The van der Waals surface area contributed by atoms with Gasteiger partial charge in [-0.2, -0.15) is 5.10 Å². The van der Waals surface area contributed by atoms with Crippen molar-refractivity contribution in [3.05, 3.63) is 76.9 Å². The third kappa shape index (κ3) is 4.08. The first kappa shape index (κ1) is 17.0. The molecule has 0 aliphatic heterocycles. The second-order valence-electron chi connectivity index (χ2n) is 5.39. The summed E-state index contributed by atoms with van der Waals surface area (Å²) in [6.07, 6.45) is 2.91. The highest BCUT2D eigenvalue weighted by Crippen LogP contribution is 2.19. The highest BCUT2D eigenvalue weighted by atomic mass is 15.3. The Balaban J connectivity index is 2.46. The molecule has 2 aromatic rings. The number of rotatable bonds is 7. The minimum Gasteiger partial charge on any atom is -0.316 e. The molecule has 0 aromatic heterocycles. The standard InChI is InChI=1S/C20H25N3/c1-5-15-9-12-19(17(6-2)13-15)20(23-22-4)18-10-7-16(8-11-18)14-21-3/h6-13,21-22H,2,5,14H2,1,3-4H3/b23-20-. The predicted molar refractivity (Wildman–Crippen MR) is 99.8 cm³/mol. The second kappa shape index (κ2) is 8.30. The average molecular weight is 307 g/mol. The van der Waals surface area contributed by atoms with Gasteiger partial charge in [-0.3, -0.25) is 0 Å². The van der Waals surface area contributed by atoms with Crippen molar-refractivity contribution in [1.29, 1.82) is 0 Å². The molecule has 0 radical (unpaired) electrons. The maximum Gasteiger partial charge on any atom is 0.0979 e. The first-order valence-corrected chi connectivity index (χ1v) is 7.97. The van der Waals surface area contributed by atoms with Crippen molar-refractivity contribution in [2.24, 2.45) is 5.10 Å². The van der Waals surface area contributed by atoms with E-state index in [1.807, 2.05) is 20.2 Å². The molecule has 0 saturated heterocycles. The lowest BCUT2D eigenvalue weighted by atomic mass is 9.94. The zero-order valence-corrected chi connectivity index (χ0v) is 14.2. The third-order valence-corrected chi connectivity index (χ3v) is 3.83. The minimum atomic E-state index is 0.863. The Morgan fingerprint density at radius 2 is 1.78 bits per heavy atom. The van der Waals surface area contributed by atoms with Crippen LogP contribution >= 0.6 is 0 Å². The molecule has 0 bridgehead atoms. The number of hydrogen-bond acceptors (Lipinski definition) is 3. The number of nitrogens with one attached hydrogen (secondary N) is 2. The van der Waals surface area contributed by atoms with Crippen molar-refractivity contribution in [2.45, 2.75) is 19.9 Å². The Hall–Kier alpha value is -2.39. The number of aryl methyl sites for hydroxylation is 1. The lowest BCUT2D eigenvalue weighted by Crippen LogP contribution is -2.11. The quantitative estimate of drug-likeness (QED) is 0.606. The smallest absolute Gasteiger partial charge is 0.0979 e.